The van der Waals surface area contributed by atoms with Crippen molar-refractivity contribution < 1.29 is 14.5 Å². The van der Waals surface area contributed by atoms with Crippen LogP contribution >= 0.6 is 0 Å². The van der Waals surface area contributed by atoms with Gasteiger partial charge in [0.25, 0.3) is 5.69 Å². The highest BCUT2D eigenvalue weighted by Gasteiger charge is 2.38. The van der Waals surface area contributed by atoms with Crippen molar-refractivity contribution in [2.45, 2.75) is 25.7 Å². The summed E-state index contributed by atoms with van der Waals surface area (Å²) in [7, 11) is 1.56. The molecule has 0 saturated heterocycles. The third-order valence-corrected chi connectivity index (χ3v) is 5.60. The van der Waals surface area contributed by atoms with Crippen molar-refractivity contribution in [1.29, 1.82) is 5.26 Å². The zero-order valence-corrected chi connectivity index (χ0v) is 16.6. The highest BCUT2D eigenvalue weighted by atomic mass is 16.6. The van der Waals surface area contributed by atoms with E-state index >= 15 is 0 Å². The van der Waals surface area contributed by atoms with Crippen LogP contribution in [0.1, 0.15) is 36.0 Å². The van der Waals surface area contributed by atoms with Crippen LogP contribution in [0, 0.1) is 21.4 Å². The summed E-state index contributed by atoms with van der Waals surface area (Å²) in [5.74, 6) is -0.0140. The molecule has 7 heteroatoms. The molecule has 1 amide bonds. The van der Waals surface area contributed by atoms with E-state index in [-0.39, 0.29) is 23.1 Å². The van der Waals surface area contributed by atoms with Crippen LogP contribution in [0.3, 0.4) is 0 Å². The lowest BCUT2D eigenvalue weighted by atomic mass is 9.76. The van der Waals surface area contributed by atoms with E-state index in [0.717, 1.165) is 23.1 Å². The number of hydrogen-bond donors (Lipinski definition) is 0. The van der Waals surface area contributed by atoms with Crippen molar-refractivity contribution in [3.63, 3.8) is 0 Å². The SMILES string of the molecule is CC(=O)N(C)C1=C(C#N)C(c2cccc([N+](=O)[O-])c2)C2=C(O1)c1ccccc1CC2. The van der Waals surface area contributed by atoms with Crippen molar-refractivity contribution in [2.75, 3.05) is 7.05 Å². The number of fused-ring (bicyclic) bond motifs is 2. The molecule has 0 N–H and O–H groups in total. The van der Waals surface area contributed by atoms with Gasteiger partial charge < -0.3 is 4.74 Å². The van der Waals surface area contributed by atoms with Crippen LogP contribution in [0.5, 0.6) is 0 Å². The van der Waals surface area contributed by atoms with Crippen molar-refractivity contribution in [2.24, 2.45) is 0 Å². The molecule has 1 aliphatic heterocycles. The summed E-state index contributed by atoms with van der Waals surface area (Å²) in [5, 5.41) is 21.3. The van der Waals surface area contributed by atoms with Gasteiger partial charge in [-0.15, -0.1) is 0 Å². The lowest BCUT2D eigenvalue weighted by Gasteiger charge is -2.36. The summed E-state index contributed by atoms with van der Waals surface area (Å²) in [6.07, 6.45) is 1.43. The maximum Gasteiger partial charge on any atom is 0.269 e. The number of nitrogens with zero attached hydrogens (tertiary/aromatic N) is 3. The topological polar surface area (TPSA) is 96.5 Å². The highest BCUT2D eigenvalue weighted by Crippen LogP contribution is 2.48. The molecule has 0 spiro atoms. The van der Waals surface area contributed by atoms with Gasteiger partial charge in [-0.25, -0.2) is 0 Å². The Balaban J connectivity index is 1.97. The van der Waals surface area contributed by atoms with Crippen molar-refractivity contribution >= 4 is 17.4 Å². The van der Waals surface area contributed by atoms with E-state index in [1.54, 1.807) is 19.2 Å². The Labute approximate surface area is 173 Å². The molecule has 2 aromatic carbocycles. The Morgan fingerprint density at radius 3 is 2.70 bits per heavy atom. The van der Waals surface area contributed by atoms with E-state index in [9.17, 15) is 20.2 Å². The molecule has 1 atom stereocenters. The zero-order valence-electron chi connectivity index (χ0n) is 16.6. The van der Waals surface area contributed by atoms with Gasteiger partial charge >= 0.3 is 0 Å². The Kier molecular flexibility index (Phi) is 4.84. The monoisotopic (exact) mass is 401 g/mol. The van der Waals surface area contributed by atoms with Gasteiger partial charge in [0.2, 0.25) is 11.8 Å². The smallest absolute Gasteiger partial charge is 0.269 e. The molecule has 1 unspecified atom stereocenters. The fraction of sp³-hybridized carbons (Fsp3) is 0.217. The molecule has 0 radical (unpaired) electrons. The number of amides is 1. The molecule has 30 heavy (non-hydrogen) atoms. The molecule has 4 rings (SSSR count). The number of nitro groups is 1. The number of nitro benzene ring substituents is 1. The van der Waals surface area contributed by atoms with Crippen LogP contribution in [-0.4, -0.2) is 22.8 Å². The van der Waals surface area contributed by atoms with E-state index in [1.165, 1.54) is 24.0 Å². The van der Waals surface area contributed by atoms with Crippen molar-refractivity contribution in [3.8, 4) is 6.07 Å². The van der Waals surface area contributed by atoms with Gasteiger partial charge in [-0.1, -0.05) is 36.4 Å². The molecule has 0 saturated carbocycles. The summed E-state index contributed by atoms with van der Waals surface area (Å²) in [5.41, 5.74) is 3.79. The third kappa shape index (κ3) is 3.12. The summed E-state index contributed by atoms with van der Waals surface area (Å²) in [4.78, 5) is 24.3. The van der Waals surface area contributed by atoms with Gasteiger partial charge in [0.05, 0.1) is 4.92 Å². The number of hydrogen-bond acceptors (Lipinski definition) is 5. The average Bonchev–Trinajstić information content (AvgIpc) is 2.76. The van der Waals surface area contributed by atoms with Crippen LogP contribution in [0.25, 0.3) is 5.76 Å². The fourth-order valence-corrected chi connectivity index (χ4v) is 4.05. The quantitative estimate of drug-likeness (QED) is 0.565. The standard InChI is InChI=1S/C23H19N3O4/c1-14(27)25(2)23-20(13-24)21(16-7-5-8-17(12-16)26(28)29)19-11-10-15-6-3-4-9-18(15)22(19)30-23/h3-9,12,21H,10-11H2,1-2H3. The number of nitriles is 1. The maximum absolute atomic E-state index is 12.1. The van der Waals surface area contributed by atoms with E-state index in [0.29, 0.717) is 17.7 Å². The largest absolute Gasteiger partial charge is 0.439 e. The van der Waals surface area contributed by atoms with Crippen molar-refractivity contribution in [1.82, 2.24) is 4.90 Å². The second-order valence-corrected chi connectivity index (χ2v) is 7.31. The number of allylic oxidation sites excluding steroid dienone is 2. The molecular weight excluding hydrogens is 382 g/mol. The minimum atomic E-state index is -0.524. The van der Waals surface area contributed by atoms with E-state index in [4.69, 9.17) is 4.74 Å². The normalized spacial score (nSPS) is 17.4. The van der Waals surface area contributed by atoms with Gasteiger partial charge in [-0.05, 0) is 29.5 Å². The van der Waals surface area contributed by atoms with Crippen LogP contribution in [0.4, 0.5) is 5.69 Å². The average molecular weight is 401 g/mol. The first-order chi connectivity index (χ1) is 14.4. The number of aryl methyl sites for hydroxylation is 1. The predicted molar refractivity (Wildman–Crippen MR) is 110 cm³/mol. The first-order valence-electron chi connectivity index (χ1n) is 9.54. The molecule has 150 valence electrons. The number of rotatable bonds is 3. The van der Waals surface area contributed by atoms with Gasteiger partial charge in [-0.2, -0.15) is 5.26 Å². The first-order valence-corrected chi connectivity index (χ1v) is 9.54. The molecule has 2 aliphatic rings. The third-order valence-electron chi connectivity index (χ3n) is 5.60. The second kappa shape index (κ2) is 7.48. The Hall–Kier alpha value is -3.92. The Morgan fingerprint density at radius 2 is 2.00 bits per heavy atom. The molecule has 1 aliphatic carbocycles. The number of benzene rings is 2. The fourth-order valence-electron chi connectivity index (χ4n) is 4.05. The van der Waals surface area contributed by atoms with Gasteiger partial charge in [0.1, 0.15) is 17.4 Å². The zero-order chi connectivity index (χ0) is 21.4. The molecule has 7 nitrogen and oxygen atoms in total. The van der Waals surface area contributed by atoms with Crippen LogP contribution in [0.15, 0.2) is 65.6 Å². The molecule has 1 heterocycles. The first kappa shape index (κ1) is 19.4. The van der Waals surface area contributed by atoms with Crippen LogP contribution < -0.4 is 0 Å². The molecule has 2 aromatic rings. The molecule has 0 fully saturated rings. The second-order valence-electron chi connectivity index (χ2n) is 7.31. The molecule has 0 bridgehead atoms. The minimum absolute atomic E-state index is 0.0453. The summed E-state index contributed by atoms with van der Waals surface area (Å²) < 4.78 is 6.18. The lowest BCUT2D eigenvalue weighted by molar-refractivity contribution is -0.384. The number of ether oxygens (including phenoxy) is 1. The highest BCUT2D eigenvalue weighted by molar-refractivity contribution is 5.78. The maximum atomic E-state index is 12.1. The predicted octanol–water partition coefficient (Wildman–Crippen LogP) is 4.28. The number of carbonyl (C=O) groups excluding carboxylic acids is 1. The van der Waals surface area contributed by atoms with Gasteiger partial charge in [0.15, 0.2) is 0 Å². The molecule has 0 aromatic heterocycles. The van der Waals surface area contributed by atoms with E-state index in [1.807, 2.05) is 24.3 Å². The van der Waals surface area contributed by atoms with Gasteiger partial charge in [-0.3, -0.25) is 19.8 Å². The van der Waals surface area contributed by atoms with E-state index < -0.39 is 10.8 Å². The summed E-state index contributed by atoms with van der Waals surface area (Å²) >= 11 is 0. The van der Waals surface area contributed by atoms with Crippen LogP contribution in [0.2, 0.25) is 0 Å². The summed E-state index contributed by atoms with van der Waals surface area (Å²) in [6, 6.07) is 16.4. The van der Waals surface area contributed by atoms with Crippen molar-refractivity contribution in [3.05, 3.63) is 92.4 Å². The Bertz CT molecular complexity index is 1170. The number of carbonyl (C=O) groups is 1. The summed E-state index contributed by atoms with van der Waals surface area (Å²) in [6.45, 7) is 1.40. The van der Waals surface area contributed by atoms with Gasteiger partial charge in [0, 0.05) is 37.6 Å². The van der Waals surface area contributed by atoms with Crippen LogP contribution in [-0.2, 0) is 16.0 Å². The minimum Gasteiger partial charge on any atom is -0.439 e. The lowest BCUT2D eigenvalue weighted by Crippen LogP contribution is -2.31. The molecular formula is C23H19N3O4. The van der Waals surface area contributed by atoms with E-state index in [2.05, 4.69) is 6.07 Å². The Morgan fingerprint density at radius 1 is 1.23 bits per heavy atom. The number of non-ortho nitro benzene ring substituents is 1.